The summed E-state index contributed by atoms with van der Waals surface area (Å²) in [5, 5.41) is 4.76. The fourth-order valence-electron chi connectivity index (χ4n) is 4.30. The number of ketones is 1. The van der Waals surface area contributed by atoms with Crippen molar-refractivity contribution in [3.8, 4) is 22.6 Å². The highest BCUT2D eigenvalue weighted by Crippen LogP contribution is 2.31. The number of aromatic nitrogens is 8. The molecule has 6 aromatic rings. The number of imidazole rings is 3. The van der Waals surface area contributed by atoms with Gasteiger partial charge in [0.25, 0.3) is 0 Å². The second-order valence-corrected chi connectivity index (χ2v) is 8.83. The van der Waals surface area contributed by atoms with Crippen LogP contribution in [0.25, 0.3) is 28.3 Å². The third-order valence-corrected chi connectivity index (χ3v) is 6.05. The Bertz CT molecular complexity index is 1780. The fraction of sp³-hybridized carbons (Fsp3) is 0.111. The van der Waals surface area contributed by atoms with E-state index in [0.29, 0.717) is 29.3 Å². The number of carbonyl (C=O) groups is 1. The Morgan fingerprint density at radius 1 is 0.921 bits per heavy atom. The first kappa shape index (κ1) is 23.3. The van der Waals surface area contributed by atoms with Crippen LogP contribution < -0.4 is 0 Å². The molecule has 0 atom stereocenters. The third-order valence-electron chi connectivity index (χ3n) is 6.05. The monoisotopic (exact) mass is 510 g/mol. The van der Waals surface area contributed by atoms with E-state index in [1.165, 1.54) is 24.4 Å². The van der Waals surface area contributed by atoms with Crippen LogP contribution in [-0.2, 0) is 20.0 Å². The number of rotatable bonds is 7. The number of aryl methyl sites for hydroxylation is 1. The molecule has 6 rings (SSSR count). The number of halogens is 2. The van der Waals surface area contributed by atoms with Crippen molar-refractivity contribution in [3.05, 3.63) is 108 Å². The maximum Gasteiger partial charge on any atom is 0.213 e. The Kier molecular flexibility index (Phi) is 5.79. The van der Waals surface area contributed by atoms with Crippen LogP contribution >= 0.6 is 0 Å². The van der Waals surface area contributed by atoms with Crippen molar-refractivity contribution in [1.82, 2.24) is 38.7 Å². The van der Waals surface area contributed by atoms with Crippen LogP contribution in [-0.4, -0.2) is 44.5 Å². The SMILES string of the molecule is Cn1cnc(Cn2cnc(-c3ccc(F)cc3)c2-c2ccc3nc(CC(=O)c4ccnc(F)c4)cn3n2)c1. The molecule has 0 unspecified atom stereocenters. The minimum atomic E-state index is -0.712. The molecule has 5 heterocycles. The van der Waals surface area contributed by atoms with Gasteiger partial charge in [0.05, 0.1) is 54.6 Å². The smallest absolute Gasteiger partial charge is 0.213 e. The fourth-order valence-corrected chi connectivity index (χ4v) is 4.30. The van der Waals surface area contributed by atoms with E-state index in [9.17, 15) is 13.6 Å². The zero-order chi connectivity index (χ0) is 26.2. The van der Waals surface area contributed by atoms with Gasteiger partial charge in [-0.3, -0.25) is 4.79 Å². The number of hydrogen-bond acceptors (Lipinski definition) is 6. The van der Waals surface area contributed by atoms with Crippen molar-refractivity contribution in [1.29, 1.82) is 0 Å². The Morgan fingerprint density at radius 3 is 2.53 bits per heavy atom. The van der Waals surface area contributed by atoms with Crippen LogP contribution in [0.2, 0.25) is 0 Å². The molecule has 38 heavy (non-hydrogen) atoms. The minimum absolute atomic E-state index is 0.0133. The van der Waals surface area contributed by atoms with Gasteiger partial charge in [-0.15, -0.1) is 0 Å². The van der Waals surface area contributed by atoms with Crippen LogP contribution in [0.5, 0.6) is 0 Å². The summed E-state index contributed by atoms with van der Waals surface area (Å²) < 4.78 is 32.4. The molecule has 0 amide bonds. The highest BCUT2D eigenvalue weighted by Gasteiger charge is 2.19. The minimum Gasteiger partial charge on any atom is -0.340 e. The van der Waals surface area contributed by atoms with Crippen molar-refractivity contribution in [3.63, 3.8) is 0 Å². The topological polar surface area (TPSA) is 95.8 Å². The van der Waals surface area contributed by atoms with Crippen LogP contribution in [0.3, 0.4) is 0 Å². The zero-order valence-corrected chi connectivity index (χ0v) is 20.2. The molecule has 0 radical (unpaired) electrons. The molecular weight excluding hydrogens is 490 g/mol. The van der Waals surface area contributed by atoms with Gasteiger partial charge in [0, 0.05) is 36.6 Å². The molecule has 0 saturated heterocycles. The van der Waals surface area contributed by atoms with E-state index < -0.39 is 5.95 Å². The maximum atomic E-state index is 13.6. The first-order chi connectivity index (χ1) is 18.4. The maximum absolute atomic E-state index is 13.6. The number of fused-ring (bicyclic) bond motifs is 1. The summed E-state index contributed by atoms with van der Waals surface area (Å²) in [7, 11) is 1.90. The van der Waals surface area contributed by atoms with Crippen LogP contribution in [0.1, 0.15) is 21.7 Å². The van der Waals surface area contributed by atoms with E-state index >= 15 is 0 Å². The average molecular weight is 511 g/mol. The highest BCUT2D eigenvalue weighted by atomic mass is 19.1. The van der Waals surface area contributed by atoms with Crippen molar-refractivity contribution in [2.75, 3.05) is 0 Å². The molecule has 188 valence electrons. The van der Waals surface area contributed by atoms with Gasteiger partial charge in [-0.2, -0.15) is 9.49 Å². The molecule has 5 aromatic heterocycles. The van der Waals surface area contributed by atoms with E-state index in [-0.39, 0.29) is 23.6 Å². The number of pyridine rings is 1. The molecule has 1 aromatic carbocycles. The highest BCUT2D eigenvalue weighted by molar-refractivity contribution is 5.97. The van der Waals surface area contributed by atoms with Gasteiger partial charge in [-0.25, -0.2) is 28.8 Å². The third kappa shape index (κ3) is 4.57. The van der Waals surface area contributed by atoms with E-state index in [4.69, 9.17) is 5.10 Å². The quantitative estimate of drug-likeness (QED) is 0.237. The molecule has 0 bridgehead atoms. The normalized spacial score (nSPS) is 11.3. The van der Waals surface area contributed by atoms with Gasteiger partial charge in [-0.05, 0) is 42.5 Å². The average Bonchev–Trinajstić information content (AvgIpc) is 3.62. The Hall–Kier alpha value is -5.06. The largest absolute Gasteiger partial charge is 0.340 e. The summed E-state index contributed by atoms with van der Waals surface area (Å²) in [6.07, 6.45) is 8.27. The Labute approximate surface area is 215 Å². The number of hydrogen-bond donors (Lipinski definition) is 0. The number of nitrogens with zero attached hydrogens (tertiary/aromatic N) is 8. The lowest BCUT2D eigenvalue weighted by molar-refractivity contribution is 0.0991. The lowest BCUT2D eigenvalue weighted by Gasteiger charge is -2.09. The molecule has 0 fully saturated rings. The van der Waals surface area contributed by atoms with Gasteiger partial charge in [0.2, 0.25) is 5.95 Å². The summed E-state index contributed by atoms with van der Waals surface area (Å²) in [6.45, 7) is 0.455. The summed E-state index contributed by atoms with van der Waals surface area (Å²) in [4.78, 5) is 29.7. The molecule has 0 spiro atoms. The van der Waals surface area contributed by atoms with Crippen molar-refractivity contribution >= 4 is 11.4 Å². The summed E-state index contributed by atoms with van der Waals surface area (Å²) in [5.41, 5.74) is 4.83. The van der Waals surface area contributed by atoms with E-state index in [0.717, 1.165) is 23.0 Å². The van der Waals surface area contributed by atoms with Crippen LogP contribution in [0, 0.1) is 11.8 Å². The zero-order valence-electron chi connectivity index (χ0n) is 20.2. The Morgan fingerprint density at radius 2 is 1.76 bits per heavy atom. The van der Waals surface area contributed by atoms with Gasteiger partial charge < -0.3 is 9.13 Å². The molecule has 0 aliphatic rings. The standard InChI is InChI=1S/C27H20F2N8O/c1-35-12-21(31-15-35)13-36-16-32-26(17-2-4-19(28)5-3-17)27(36)22-6-7-25-33-20(14-37(25)34-22)11-23(38)18-8-9-30-24(29)10-18/h2-10,12,14-16H,11,13H2,1H3. The lowest BCUT2D eigenvalue weighted by atomic mass is 10.1. The molecule has 0 N–H and O–H groups in total. The molecule has 0 aliphatic carbocycles. The second-order valence-electron chi connectivity index (χ2n) is 8.83. The number of Topliss-reactive ketones (excluding diaryl/α,β-unsaturated/α-hetero) is 1. The Balaban J connectivity index is 1.38. The molecule has 0 aliphatic heterocycles. The first-order valence-corrected chi connectivity index (χ1v) is 11.7. The van der Waals surface area contributed by atoms with Crippen molar-refractivity contribution in [2.24, 2.45) is 7.05 Å². The predicted molar refractivity (Wildman–Crippen MR) is 134 cm³/mol. The lowest BCUT2D eigenvalue weighted by Crippen LogP contribution is -2.05. The van der Waals surface area contributed by atoms with Crippen LogP contribution in [0.4, 0.5) is 8.78 Å². The van der Waals surface area contributed by atoms with Gasteiger partial charge in [0.1, 0.15) is 11.5 Å². The molecule has 11 heteroatoms. The number of carbonyl (C=O) groups excluding carboxylic acids is 1. The predicted octanol–water partition coefficient (Wildman–Crippen LogP) is 4.14. The van der Waals surface area contributed by atoms with Gasteiger partial charge in [-0.1, -0.05) is 0 Å². The van der Waals surface area contributed by atoms with Crippen molar-refractivity contribution in [2.45, 2.75) is 13.0 Å². The van der Waals surface area contributed by atoms with E-state index in [1.807, 2.05) is 28.4 Å². The van der Waals surface area contributed by atoms with E-state index in [2.05, 4.69) is 19.9 Å². The molecule has 9 nitrogen and oxygen atoms in total. The summed E-state index contributed by atoms with van der Waals surface area (Å²) in [5.74, 6) is -1.32. The van der Waals surface area contributed by atoms with Crippen LogP contribution in [0.15, 0.2) is 79.8 Å². The summed E-state index contributed by atoms with van der Waals surface area (Å²) in [6, 6.07) is 12.3. The van der Waals surface area contributed by atoms with Gasteiger partial charge in [0.15, 0.2) is 11.4 Å². The van der Waals surface area contributed by atoms with E-state index in [1.54, 1.807) is 41.6 Å². The molecular formula is C27H20F2N8O. The first-order valence-electron chi connectivity index (χ1n) is 11.7. The second kappa shape index (κ2) is 9.43. The summed E-state index contributed by atoms with van der Waals surface area (Å²) >= 11 is 0. The molecule has 0 saturated carbocycles. The number of benzene rings is 1. The van der Waals surface area contributed by atoms with Crippen molar-refractivity contribution < 1.29 is 13.6 Å². The van der Waals surface area contributed by atoms with Gasteiger partial charge >= 0.3 is 0 Å².